The first kappa shape index (κ1) is 26.2. The van der Waals surface area contributed by atoms with Crippen molar-refractivity contribution in [3.63, 3.8) is 0 Å². The SMILES string of the molecule is Cc1ccc(N=Nc2cc(O)c(N=Nc3c(C)cc4cc(NC(=O)c5ccccc5)ccc4c3O)cc2C)cc1. The van der Waals surface area contributed by atoms with Crippen LogP contribution in [0.3, 0.4) is 0 Å². The smallest absolute Gasteiger partial charge is 0.255 e. The van der Waals surface area contributed by atoms with Crippen LogP contribution in [-0.4, -0.2) is 16.1 Å². The highest BCUT2D eigenvalue weighted by atomic mass is 16.3. The average molecular weight is 530 g/mol. The molecule has 8 heteroatoms. The molecule has 0 fully saturated rings. The Balaban J connectivity index is 1.38. The molecule has 0 unspecified atom stereocenters. The van der Waals surface area contributed by atoms with E-state index in [1.54, 1.807) is 48.5 Å². The lowest BCUT2D eigenvalue weighted by Gasteiger charge is -2.11. The Morgan fingerprint density at radius 2 is 1.43 bits per heavy atom. The van der Waals surface area contributed by atoms with Gasteiger partial charge in [0.25, 0.3) is 5.91 Å². The fourth-order valence-corrected chi connectivity index (χ4v) is 4.20. The molecule has 40 heavy (non-hydrogen) atoms. The van der Waals surface area contributed by atoms with Crippen LogP contribution >= 0.6 is 0 Å². The normalized spacial score (nSPS) is 11.5. The average Bonchev–Trinajstić information content (AvgIpc) is 2.95. The summed E-state index contributed by atoms with van der Waals surface area (Å²) in [7, 11) is 0. The van der Waals surface area contributed by atoms with E-state index in [2.05, 4.69) is 25.8 Å². The van der Waals surface area contributed by atoms with Crippen molar-refractivity contribution >= 4 is 45.1 Å². The number of azo groups is 2. The fraction of sp³-hybridized carbons (Fsp3) is 0.0938. The number of hydrogen-bond donors (Lipinski definition) is 3. The van der Waals surface area contributed by atoms with Crippen LogP contribution in [0, 0.1) is 20.8 Å². The molecule has 0 bridgehead atoms. The zero-order chi connectivity index (χ0) is 28.2. The van der Waals surface area contributed by atoms with Gasteiger partial charge in [0, 0.05) is 22.7 Å². The number of nitrogens with zero attached hydrogens (tertiary/aromatic N) is 4. The second-order valence-electron chi connectivity index (χ2n) is 9.51. The molecule has 5 aromatic carbocycles. The maximum Gasteiger partial charge on any atom is 0.255 e. The number of carbonyl (C=O) groups excluding carboxylic acids is 1. The first-order chi connectivity index (χ1) is 19.3. The molecule has 0 spiro atoms. The molecule has 8 nitrogen and oxygen atoms in total. The molecule has 0 heterocycles. The van der Waals surface area contributed by atoms with Gasteiger partial charge < -0.3 is 15.5 Å². The van der Waals surface area contributed by atoms with E-state index in [1.165, 1.54) is 6.07 Å². The summed E-state index contributed by atoms with van der Waals surface area (Å²) in [6, 6.07) is 26.8. The Hall–Kier alpha value is -5.37. The van der Waals surface area contributed by atoms with Crippen molar-refractivity contribution in [3.8, 4) is 11.5 Å². The summed E-state index contributed by atoms with van der Waals surface area (Å²) in [6.45, 7) is 5.65. The maximum atomic E-state index is 12.5. The van der Waals surface area contributed by atoms with Crippen LogP contribution in [0.5, 0.6) is 11.5 Å². The van der Waals surface area contributed by atoms with Gasteiger partial charge in [-0.2, -0.15) is 10.2 Å². The van der Waals surface area contributed by atoms with Crippen molar-refractivity contribution in [2.24, 2.45) is 20.5 Å². The molecule has 0 aliphatic heterocycles. The number of benzene rings is 5. The summed E-state index contributed by atoms with van der Waals surface area (Å²) in [6.07, 6.45) is 0. The van der Waals surface area contributed by atoms with E-state index in [1.807, 2.05) is 57.2 Å². The highest BCUT2D eigenvalue weighted by Gasteiger charge is 2.13. The Morgan fingerprint density at radius 3 is 2.17 bits per heavy atom. The van der Waals surface area contributed by atoms with Gasteiger partial charge in [0.15, 0.2) is 5.75 Å². The third-order valence-corrected chi connectivity index (χ3v) is 6.43. The highest BCUT2D eigenvalue weighted by molar-refractivity contribution is 6.05. The minimum atomic E-state index is -0.218. The van der Waals surface area contributed by atoms with E-state index >= 15 is 0 Å². The first-order valence-electron chi connectivity index (χ1n) is 12.6. The largest absolute Gasteiger partial charge is 0.506 e. The predicted molar refractivity (Wildman–Crippen MR) is 157 cm³/mol. The maximum absolute atomic E-state index is 12.5. The Kier molecular flexibility index (Phi) is 7.33. The number of amides is 1. The molecule has 5 rings (SSSR count). The number of phenolic OH excluding ortho intramolecular Hbond substituents is 2. The minimum absolute atomic E-state index is 0.0422. The number of anilines is 1. The molecule has 0 aliphatic rings. The first-order valence-corrected chi connectivity index (χ1v) is 12.6. The molecular formula is C32H27N5O3. The minimum Gasteiger partial charge on any atom is -0.506 e. The second kappa shape index (κ2) is 11.2. The Labute approximate surface area is 231 Å². The number of rotatable bonds is 6. The van der Waals surface area contributed by atoms with Gasteiger partial charge in [0.05, 0.1) is 11.4 Å². The zero-order valence-corrected chi connectivity index (χ0v) is 22.3. The van der Waals surface area contributed by atoms with Gasteiger partial charge in [-0.15, -0.1) is 10.2 Å². The number of fused-ring (bicyclic) bond motifs is 1. The van der Waals surface area contributed by atoms with Crippen molar-refractivity contribution < 1.29 is 15.0 Å². The Bertz CT molecular complexity index is 1780. The van der Waals surface area contributed by atoms with Gasteiger partial charge >= 0.3 is 0 Å². The molecule has 0 atom stereocenters. The summed E-state index contributed by atoms with van der Waals surface area (Å²) in [5.41, 5.74) is 5.48. The van der Waals surface area contributed by atoms with Gasteiger partial charge in [-0.1, -0.05) is 35.9 Å². The fourth-order valence-electron chi connectivity index (χ4n) is 4.20. The molecule has 0 radical (unpaired) electrons. The molecule has 0 aliphatic carbocycles. The van der Waals surface area contributed by atoms with Gasteiger partial charge in [0.2, 0.25) is 0 Å². The number of aryl methyl sites for hydroxylation is 3. The predicted octanol–water partition coefficient (Wildman–Crippen LogP) is 9.26. The summed E-state index contributed by atoms with van der Waals surface area (Å²) in [5.74, 6) is -0.368. The zero-order valence-electron chi connectivity index (χ0n) is 22.3. The molecule has 0 aromatic heterocycles. The number of nitrogens with one attached hydrogen (secondary N) is 1. The summed E-state index contributed by atoms with van der Waals surface area (Å²) < 4.78 is 0. The lowest BCUT2D eigenvalue weighted by Crippen LogP contribution is -2.11. The number of aromatic hydroxyl groups is 2. The third kappa shape index (κ3) is 5.71. The molecule has 198 valence electrons. The van der Waals surface area contributed by atoms with Gasteiger partial charge in [-0.05, 0) is 91.9 Å². The van der Waals surface area contributed by atoms with E-state index < -0.39 is 0 Å². The van der Waals surface area contributed by atoms with E-state index in [-0.39, 0.29) is 28.8 Å². The van der Waals surface area contributed by atoms with E-state index in [4.69, 9.17) is 0 Å². The number of hydrogen-bond acceptors (Lipinski definition) is 7. The molecular weight excluding hydrogens is 502 g/mol. The number of carbonyl (C=O) groups is 1. The van der Waals surface area contributed by atoms with Crippen LogP contribution in [0.25, 0.3) is 10.8 Å². The monoisotopic (exact) mass is 529 g/mol. The summed E-state index contributed by atoms with van der Waals surface area (Å²) in [4.78, 5) is 12.5. The number of phenols is 2. The standard InChI is InChI=1S/C32H27N5O3/c1-19-9-11-24(12-10-19)34-35-27-18-29(38)28(16-20(27)2)36-37-30-21(3)15-23-17-25(13-14-26(23)31(30)39)33-32(40)22-7-5-4-6-8-22/h4-18,38-39H,1-3H3,(H,33,40). The van der Waals surface area contributed by atoms with Crippen LogP contribution in [0.1, 0.15) is 27.0 Å². The lowest BCUT2D eigenvalue weighted by atomic mass is 10.0. The molecule has 0 saturated heterocycles. The highest BCUT2D eigenvalue weighted by Crippen LogP contribution is 2.41. The van der Waals surface area contributed by atoms with Crippen molar-refractivity contribution in [2.75, 3.05) is 5.32 Å². The van der Waals surface area contributed by atoms with Crippen LogP contribution < -0.4 is 5.32 Å². The molecule has 3 N–H and O–H groups in total. The van der Waals surface area contributed by atoms with Gasteiger partial charge in [-0.3, -0.25) is 4.79 Å². The van der Waals surface area contributed by atoms with Gasteiger partial charge in [0.1, 0.15) is 17.1 Å². The van der Waals surface area contributed by atoms with Crippen LogP contribution in [0.15, 0.2) is 111 Å². The molecule has 0 saturated carbocycles. The summed E-state index contributed by atoms with van der Waals surface area (Å²) in [5, 5.41) is 42.7. The summed E-state index contributed by atoms with van der Waals surface area (Å²) >= 11 is 0. The molecule has 1 amide bonds. The molecule has 5 aromatic rings. The van der Waals surface area contributed by atoms with Crippen molar-refractivity contribution in [3.05, 3.63) is 113 Å². The van der Waals surface area contributed by atoms with Crippen LogP contribution in [0.2, 0.25) is 0 Å². The van der Waals surface area contributed by atoms with E-state index in [0.29, 0.717) is 33.6 Å². The van der Waals surface area contributed by atoms with Crippen molar-refractivity contribution in [1.82, 2.24) is 0 Å². The quantitative estimate of drug-likeness (QED) is 0.190. The van der Waals surface area contributed by atoms with Crippen LogP contribution in [-0.2, 0) is 0 Å². The van der Waals surface area contributed by atoms with E-state index in [9.17, 15) is 15.0 Å². The van der Waals surface area contributed by atoms with Crippen LogP contribution in [0.4, 0.5) is 28.4 Å². The van der Waals surface area contributed by atoms with Gasteiger partial charge in [-0.25, -0.2) is 0 Å². The second-order valence-corrected chi connectivity index (χ2v) is 9.51. The van der Waals surface area contributed by atoms with Crippen molar-refractivity contribution in [2.45, 2.75) is 20.8 Å². The lowest BCUT2D eigenvalue weighted by molar-refractivity contribution is 0.102. The Morgan fingerprint density at radius 1 is 0.700 bits per heavy atom. The topological polar surface area (TPSA) is 119 Å². The van der Waals surface area contributed by atoms with Crippen molar-refractivity contribution in [1.29, 1.82) is 0 Å². The third-order valence-electron chi connectivity index (χ3n) is 6.43. The van der Waals surface area contributed by atoms with E-state index in [0.717, 1.165) is 16.5 Å².